The molecular weight excluding hydrogens is 408 g/mol. The van der Waals surface area contributed by atoms with Crippen molar-refractivity contribution in [1.29, 1.82) is 0 Å². The number of carbonyl (C=O) groups excluding carboxylic acids is 2. The van der Waals surface area contributed by atoms with Crippen LogP contribution in [0, 0.1) is 5.41 Å². The summed E-state index contributed by atoms with van der Waals surface area (Å²) in [5, 5.41) is 13.7. The molecule has 8 heteroatoms. The van der Waals surface area contributed by atoms with E-state index < -0.39 is 6.09 Å². The maximum atomic E-state index is 11.7. The van der Waals surface area contributed by atoms with E-state index in [1.807, 2.05) is 51.1 Å². The summed E-state index contributed by atoms with van der Waals surface area (Å²) in [6.07, 6.45) is 1.28. The Kier molecular flexibility index (Phi) is 6.14. The van der Waals surface area contributed by atoms with Gasteiger partial charge in [-0.2, -0.15) is 0 Å². The molecule has 1 aliphatic heterocycles. The third-order valence-electron chi connectivity index (χ3n) is 4.54. The van der Waals surface area contributed by atoms with Gasteiger partial charge >= 0.3 is 6.09 Å². The van der Waals surface area contributed by atoms with E-state index in [1.165, 1.54) is 11.3 Å². The lowest BCUT2D eigenvalue weighted by atomic mass is 9.83. The van der Waals surface area contributed by atoms with Crippen LogP contribution in [0.2, 0.25) is 0 Å². The van der Waals surface area contributed by atoms with Gasteiger partial charge in [0.2, 0.25) is 0 Å². The third-order valence-corrected chi connectivity index (χ3v) is 6.43. The Bertz CT molecular complexity index is 989. The Morgan fingerprint density at radius 3 is 2.62 bits per heavy atom. The van der Waals surface area contributed by atoms with Crippen LogP contribution in [0.4, 0.5) is 9.59 Å². The van der Waals surface area contributed by atoms with Gasteiger partial charge in [0.05, 0.1) is 4.91 Å². The Morgan fingerprint density at radius 1 is 1.24 bits per heavy atom. The molecule has 1 aliphatic rings. The molecule has 152 valence electrons. The Morgan fingerprint density at radius 2 is 2.00 bits per heavy atom. The average molecular weight is 431 g/mol. The van der Waals surface area contributed by atoms with Gasteiger partial charge in [-0.05, 0) is 52.9 Å². The van der Waals surface area contributed by atoms with Crippen molar-refractivity contribution in [2.75, 3.05) is 0 Å². The molecule has 1 unspecified atom stereocenters. The van der Waals surface area contributed by atoms with E-state index in [2.05, 4.69) is 16.7 Å². The number of carbonyl (C=O) groups is 3. The van der Waals surface area contributed by atoms with Gasteiger partial charge in [0.15, 0.2) is 0 Å². The number of thiophene rings is 1. The van der Waals surface area contributed by atoms with Crippen LogP contribution in [0.1, 0.15) is 31.2 Å². The molecule has 6 nitrogen and oxygen atoms in total. The largest absolute Gasteiger partial charge is 0.465 e. The lowest BCUT2D eigenvalue weighted by Crippen LogP contribution is -2.44. The number of imide groups is 1. The number of rotatable bonds is 5. The molecule has 1 atom stereocenters. The zero-order chi connectivity index (χ0) is 21.2. The van der Waals surface area contributed by atoms with Crippen molar-refractivity contribution in [3.05, 3.63) is 51.7 Å². The highest BCUT2D eigenvalue weighted by Gasteiger charge is 2.27. The second-order valence-electron chi connectivity index (χ2n) is 7.83. The minimum absolute atomic E-state index is 0.214. The summed E-state index contributed by atoms with van der Waals surface area (Å²) in [4.78, 5) is 36.5. The molecule has 3 N–H and O–H groups in total. The molecule has 0 saturated carbocycles. The first-order chi connectivity index (χ1) is 13.6. The van der Waals surface area contributed by atoms with Gasteiger partial charge < -0.3 is 10.4 Å². The molecule has 1 saturated heterocycles. The zero-order valence-electron chi connectivity index (χ0n) is 16.3. The van der Waals surface area contributed by atoms with Crippen LogP contribution in [0.5, 0.6) is 0 Å². The SMILES string of the molecule is CC(C)(C)C(Cc1cccc(-c2ccc(/C=C3/SC(=O)NC3=O)s2)c1)NC(=O)O. The van der Waals surface area contributed by atoms with Gasteiger partial charge in [0.25, 0.3) is 11.1 Å². The maximum Gasteiger partial charge on any atom is 0.404 e. The van der Waals surface area contributed by atoms with Gasteiger partial charge in [0, 0.05) is 15.8 Å². The van der Waals surface area contributed by atoms with Crippen molar-refractivity contribution in [3.8, 4) is 10.4 Å². The van der Waals surface area contributed by atoms with Crippen molar-refractivity contribution >= 4 is 46.4 Å². The monoisotopic (exact) mass is 430 g/mol. The highest BCUT2D eigenvalue weighted by Crippen LogP contribution is 2.33. The van der Waals surface area contributed by atoms with E-state index in [0.717, 1.165) is 32.6 Å². The molecule has 0 aliphatic carbocycles. The highest BCUT2D eigenvalue weighted by molar-refractivity contribution is 8.18. The van der Waals surface area contributed by atoms with Gasteiger partial charge in [-0.1, -0.05) is 45.0 Å². The molecule has 1 aromatic heterocycles. The van der Waals surface area contributed by atoms with Crippen molar-refractivity contribution in [3.63, 3.8) is 0 Å². The summed E-state index contributed by atoms with van der Waals surface area (Å²) in [5.41, 5.74) is 1.86. The quantitative estimate of drug-likeness (QED) is 0.583. The van der Waals surface area contributed by atoms with Crippen molar-refractivity contribution < 1.29 is 19.5 Å². The van der Waals surface area contributed by atoms with Crippen LogP contribution in [0.3, 0.4) is 0 Å². The van der Waals surface area contributed by atoms with Crippen LogP contribution >= 0.6 is 23.1 Å². The number of benzene rings is 1. The molecule has 29 heavy (non-hydrogen) atoms. The summed E-state index contributed by atoms with van der Waals surface area (Å²) in [7, 11) is 0. The molecule has 0 radical (unpaired) electrons. The summed E-state index contributed by atoms with van der Waals surface area (Å²) < 4.78 is 0. The standard InChI is InChI=1S/C21H22N2O4S2/c1-21(2,3)17(22-19(25)26)10-12-5-4-6-13(9-12)15-8-7-14(28-15)11-16-18(24)23-20(27)29-16/h4-9,11,17,22H,10H2,1-3H3,(H,25,26)(H,23,24,27)/b16-11+. The van der Waals surface area contributed by atoms with Gasteiger partial charge in [-0.25, -0.2) is 4.79 Å². The summed E-state index contributed by atoms with van der Waals surface area (Å²) in [6, 6.07) is 11.7. The van der Waals surface area contributed by atoms with Gasteiger partial charge in [-0.3, -0.25) is 14.9 Å². The molecular formula is C21H22N2O4S2. The molecule has 1 fully saturated rings. The lowest BCUT2D eigenvalue weighted by molar-refractivity contribution is -0.115. The Balaban J connectivity index is 1.80. The minimum Gasteiger partial charge on any atom is -0.465 e. The predicted octanol–water partition coefficient (Wildman–Crippen LogP) is 4.96. The van der Waals surface area contributed by atoms with Gasteiger partial charge in [0.1, 0.15) is 0 Å². The fourth-order valence-electron chi connectivity index (χ4n) is 2.95. The van der Waals surface area contributed by atoms with Crippen LogP contribution in [0.15, 0.2) is 41.3 Å². The van der Waals surface area contributed by atoms with Crippen LogP contribution < -0.4 is 10.6 Å². The Hall–Kier alpha value is -2.58. The van der Waals surface area contributed by atoms with Gasteiger partial charge in [-0.15, -0.1) is 11.3 Å². The maximum absolute atomic E-state index is 11.7. The van der Waals surface area contributed by atoms with Crippen LogP contribution in [-0.2, 0) is 11.2 Å². The van der Waals surface area contributed by atoms with Crippen molar-refractivity contribution in [2.24, 2.45) is 5.41 Å². The van der Waals surface area contributed by atoms with Crippen LogP contribution in [-0.4, -0.2) is 28.4 Å². The summed E-state index contributed by atoms with van der Waals surface area (Å²) >= 11 is 2.43. The average Bonchev–Trinajstić information content (AvgIpc) is 3.20. The first kappa shape index (κ1) is 21.1. The molecule has 3 rings (SSSR count). The van der Waals surface area contributed by atoms with Crippen molar-refractivity contribution in [2.45, 2.75) is 33.2 Å². The van der Waals surface area contributed by atoms with Crippen molar-refractivity contribution in [1.82, 2.24) is 10.6 Å². The van der Waals surface area contributed by atoms with E-state index in [0.29, 0.717) is 11.3 Å². The molecule has 0 spiro atoms. The lowest BCUT2D eigenvalue weighted by Gasteiger charge is -2.30. The molecule has 0 bridgehead atoms. The summed E-state index contributed by atoms with van der Waals surface area (Å²) in [5.74, 6) is -0.365. The first-order valence-electron chi connectivity index (χ1n) is 9.05. The predicted molar refractivity (Wildman–Crippen MR) is 117 cm³/mol. The zero-order valence-corrected chi connectivity index (χ0v) is 17.9. The number of amides is 3. The normalized spacial score (nSPS) is 16.7. The van der Waals surface area contributed by atoms with E-state index in [9.17, 15) is 14.4 Å². The number of carboxylic acid groups (broad SMARTS) is 1. The van der Waals surface area contributed by atoms with E-state index in [-0.39, 0.29) is 22.6 Å². The molecule has 1 aromatic carbocycles. The smallest absolute Gasteiger partial charge is 0.404 e. The topological polar surface area (TPSA) is 95.5 Å². The number of hydrogen-bond donors (Lipinski definition) is 3. The van der Waals surface area contributed by atoms with E-state index in [4.69, 9.17) is 5.11 Å². The molecule has 3 amide bonds. The second-order valence-corrected chi connectivity index (χ2v) is 9.96. The second kappa shape index (κ2) is 8.42. The fourth-order valence-corrected chi connectivity index (χ4v) is 4.64. The number of thioether (sulfide) groups is 1. The van der Waals surface area contributed by atoms with Crippen LogP contribution in [0.25, 0.3) is 16.5 Å². The first-order valence-corrected chi connectivity index (χ1v) is 10.7. The number of hydrogen-bond acceptors (Lipinski definition) is 5. The van der Waals surface area contributed by atoms with E-state index in [1.54, 1.807) is 6.08 Å². The fraction of sp³-hybridized carbons (Fsp3) is 0.286. The third kappa shape index (κ3) is 5.48. The Labute approximate surface area is 177 Å². The minimum atomic E-state index is -1.02. The molecule has 2 aromatic rings. The summed E-state index contributed by atoms with van der Waals surface area (Å²) in [6.45, 7) is 6.04. The van der Waals surface area contributed by atoms with E-state index >= 15 is 0 Å². The number of nitrogens with one attached hydrogen (secondary N) is 2. The highest BCUT2D eigenvalue weighted by atomic mass is 32.2. The molecule has 2 heterocycles.